The SMILES string of the molecule is Cc1cc(NC(=O)c2ccco2)nn1Cc1cccc(C(F)(F)F)c1. The van der Waals surface area contributed by atoms with Gasteiger partial charge in [-0.1, -0.05) is 12.1 Å². The summed E-state index contributed by atoms with van der Waals surface area (Å²) >= 11 is 0. The molecule has 2 heterocycles. The van der Waals surface area contributed by atoms with E-state index in [4.69, 9.17) is 4.42 Å². The van der Waals surface area contributed by atoms with Crippen LogP contribution in [0.15, 0.2) is 53.1 Å². The summed E-state index contributed by atoms with van der Waals surface area (Å²) in [4.78, 5) is 11.9. The first-order valence-corrected chi connectivity index (χ1v) is 7.38. The van der Waals surface area contributed by atoms with Crippen molar-refractivity contribution >= 4 is 11.7 Å². The van der Waals surface area contributed by atoms with Crippen molar-refractivity contribution in [3.05, 3.63) is 71.3 Å². The average molecular weight is 349 g/mol. The van der Waals surface area contributed by atoms with Crippen LogP contribution in [0.5, 0.6) is 0 Å². The zero-order valence-corrected chi connectivity index (χ0v) is 13.2. The van der Waals surface area contributed by atoms with Gasteiger partial charge in [0.05, 0.1) is 18.4 Å². The molecule has 3 aromatic rings. The molecular formula is C17H14F3N3O2. The number of carbonyl (C=O) groups excluding carboxylic acids is 1. The third kappa shape index (κ3) is 3.90. The number of halogens is 3. The van der Waals surface area contributed by atoms with Crippen LogP contribution in [-0.4, -0.2) is 15.7 Å². The van der Waals surface area contributed by atoms with E-state index in [-0.39, 0.29) is 12.3 Å². The van der Waals surface area contributed by atoms with Crippen molar-refractivity contribution in [2.75, 3.05) is 5.32 Å². The Balaban J connectivity index is 1.76. The topological polar surface area (TPSA) is 60.1 Å². The highest BCUT2D eigenvalue weighted by Gasteiger charge is 2.30. The first-order chi connectivity index (χ1) is 11.8. The summed E-state index contributed by atoms with van der Waals surface area (Å²) in [6, 6.07) is 9.80. The molecule has 0 aliphatic rings. The predicted molar refractivity (Wildman–Crippen MR) is 84.2 cm³/mol. The lowest BCUT2D eigenvalue weighted by Gasteiger charge is -2.09. The normalized spacial score (nSPS) is 11.5. The van der Waals surface area contributed by atoms with Gasteiger partial charge in [-0.2, -0.15) is 18.3 Å². The average Bonchev–Trinajstić information content (AvgIpc) is 3.18. The number of nitrogens with one attached hydrogen (secondary N) is 1. The van der Waals surface area contributed by atoms with E-state index in [0.29, 0.717) is 17.1 Å². The van der Waals surface area contributed by atoms with Gasteiger partial charge in [0.25, 0.3) is 5.91 Å². The summed E-state index contributed by atoms with van der Waals surface area (Å²) in [6.45, 7) is 1.91. The fourth-order valence-electron chi connectivity index (χ4n) is 2.34. The quantitative estimate of drug-likeness (QED) is 0.771. The van der Waals surface area contributed by atoms with Crippen LogP contribution in [0.25, 0.3) is 0 Å². The third-order valence-corrected chi connectivity index (χ3v) is 3.55. The van der Waals surface area contributed by atoms with Crippen molar-refractivity contribution in [1.29, 1.82) is 0 Å². The highest BCUT2D eigenvalue weighted by Crippen LogP contribution is 2.29. The van der Waals surface area contributed by atoms with Crippen molar-refractivity contribution < 1.29 is 22.4 Å². The Labute approximate surface area is 141 Å². The zero-order valence-electron chi connectivity index (χ0n) is 13.2. The zero-order chi connectivity index (χ0) is 18.0. The van der Waals surface area contributed by atoms with E-state index in [9.17, 15) is 18.0 Å². The Bertz CT molecular complexity index is 883. The maximum Gasteiger partial charge on any atom is 0.416 e. The van der Waals surface area contributed by atoms with Gasteiger partial charge in [-0.25, -0.2) is 0 Å². The van der Waals surface area contributed by atoms with Crippen LogP contribution in [0.1, 0.15) is 27.4 Å². The summed E-state index contributed by atoms with van der Waals surface area (Å²) in [5.41, 5.74) is 0.457. The van der Waals surface area contributed by atoms with E-state index in [1.165, 1.54) is 23.1 Å². The van der Waals surface area contributed by atoms with Crippen molar-refractivity contribution in [2.24, 2.45) is 0 Å². The van der Waals surface area contributed by atoms with Crippen LogP contribution in [0.2, 0.25) is 0 Å². The van der Waals surface area contributed by atoms with Crippen LogP contribution < -0.4 is 5.32 Å². The Hall–Kier alpha value is -3.03. The number of rotatable bonds is 4. The Kier molecular flexibility index (Phi) is 4.35. The summed E-state index contributed by atoms with van der Waals surface area (Å²) in [7, 11) is 0. The molecule has 1 amide bonds. The number of aryl methyl sites for hydroxylation is 1. The lowest BCUT2D eigenvalue weighted by Crippen LogP contribution is -2.12. The van der Waals surface area contributed by atoms with Gasteiger partial charge in [0.15, 0.2) is 11.6 Å². The molecule has 1 aromatic carbocycles. The van der Waals surface area contributed by atoms with E-state index in [0.717, 1.165) is 12.1 Å². The Morgan fingerprint density at radius 3 is 2.72 bits per heavy atom. The van der Waals surface area contributed by atoms with Gasteiger partial charge in [0.2, 0.25) is 0 Å². The number of amides is 1. The number of alkyl halides is 3. The standard InChI is InChI=1S/C17H14F3N3O2/c1-11-8-15(21-16(24)14-6-3-7-25-14)22-23(11)10-12-4-2-5-13(9-12)17(18,19)20/h2-9H,10H2,1H3,(H,21,22,24). The number of hydrogen-bond donors (Lipinski definition) is 1. The van der Waals surface area contributed by atoms with Crippen LogP contribution in [0.4, 0.5) is 19.0 Å². The molecule has 2 aromatic heterocycles. The number of hydrogen-bond acceptors (Lipinski definition) is 3. The Morgan fingerprint density at radius 1 is 1.24 bits per heavy atom. The molecule has 5 nitrogen and oxygen atoms in total. The third-order valence-electron chi connectivity index (χ3n) is 3.55. The predicted octanol–water partition coefficient (Wildman–Crippen LogP) is 4.10. The van der Waals surface area contributed by atoms with Gasteiger partial charge in [-0.3, -0.25) is 9.48 Å². The molecule has 0 aliphatic carbocycles. The molecule has 0 unspecified atom stereocenters. The molecule has 1 N–H and O–H groups in total. The first-order valence-electron chi connectivity index (χ1n) is 7.38. The number of aromatic nitrogens is 2. The van der Waals surface area contributed by atoms with Crippen LogP contribution in [-0.2, 0) is 12.7 Å². The molecule has 0 aliphatic heterocycles. The number of anilines is 1. The lowest BCUT2D eigenvalue weighted by atomic mass is 10.1. The minimum absolute atomic E-state index is 0.144. The second-order valence-electron chi connectivity index (χ2n) is 5.46. The largest absolute Gasteiger partial charge is 0.459 e. The molecule has 0 atom stereocenters. The summed E-state index contributed by atoms with van der Waals surface area (Å²) in [5.74, 6) is -0.00956. The van der Waals surface area contributed by atoms with E-state index in [1.807, 2.05) is 0 Å². The molecule has 0 fully saturated rings. The molecule has 0 spiro atoms. The molecule has 0 bridgehead atoms. The van der Waals surface area contributed by atoms with Gasteiger partial charge in [0.1, 0.15) is 0 Å². The molecule has 0 saturated carbocycles. The molecule has 130 valence electrons. The van der Waals surface area contributed by atoms with Gasteiger partial charge in [0, 0.05) is 11.8 Å². The van der Waals surface area contributed by atoms with Gasteiger partial charge in [-0.15, -0.1) is 0 Å². The number of benzene rings is 1. The lowest BCUT2D eigenvalue weighted by molar-refractivity contribution is -0.137. The second kappa shape index (κ2) is 6.46. The minimum Gasteiger partial charge on any atom is -0.459 e. The number of furan rings is 1. The van der Waals surface area contributed by atoms with Gasteiger partial charge >= 0.3 is 6.18 Å². The maximum absolute atomic E-state index is 12.8. The van der Waals surface area contributed by atoms with Crippen LogP contribution >= 0.6 is 0 Å². The van der Waals surface area contributed by atoms with Crippen molar-refractivity contribution in [3.63, 3.8) is 0 Å². The highest BCUT2D eigenvalue weighted by molar-refractivity contribution is 6.01. The molecule has 8 heteroatoms. The second-order valence-corrected chi connectivity index (χ2v) is 5.46. The fourth-order valence-corrected chi connectivity index (χ4v) is 2.34. The van der Waals surface area contributed by atoms with Crippen LogP contribution in [0, 0.1) is 6.92 Å². The van der Waals surface area contributed by atoms with Crippen molar-refractivity contribution in [3.8, 4) is 0 Å². The fraction of sp³-hybridized carbons (Fsp3) is 0.176. The maximum atomic E-state index is 12.8. The van der Waals surface area contributed by atoms with Gasteiger partial charge in [-0.05, 0) is 36.8 Å². The molecule has 25 heavy (non-hydrogen) atoms. The Morgan fingerprint density at radius 2 is 2.04 bits per heavy atom. The summed E-state index contributed by atoms with van der Waals surface area (Å²) in [5, 5.41) is 6.79. The van der Waals surface area contributed by atoms with Gasteiger partial charge < -0.3 is 9.73 Å². The minimum atomic E-state index is -4.39. The van der Waals surface area contributed by atoms with E-state index in [2.05, 4.69) is 10.4 Å². The molecule has 0 saturated heterocycles. The van der Waals surface area contributed by atoms with E-state index >= 15 is 0 Å². The van der Waals surface area contributed by atoms with Crippen LogP contribution in [0.3, 0.4) is 0 Å². The first kappa shape index (κ1) is 16.8. The number of carbonyl (C=O) groups is 1. The number of nitrogens with zero attached hydrogens (tertiary/aromatic N) is 2. The van der Waals surface area contributed by atoms with Crippen molar-refractivity contribution in [2.45, 2.75) is 19.6 Å². The smallest absolute Gasteiger partial charge is 0.416 e. The van der Waals surface area contributed by atoms with Crippen molar-refractivity contribution in [1.82, 2.24) is 9.78 Å². The molecule has 0 radical (unpaired) electrons. The summed E-state index contributed by atoms with van der Waals surface area (Å²) < 4.78 is 44.9. The molecule has 3 rings (SSSR count). The van der Waals surface area contributed by atoms with E-state index in [1.54, 1.807) is 25.1 Å². The monoisotopic (exact) mass is 349 g/mol. The highest BCUT2D eigenvalue weighted by atomic mass is 19.4. The van der Waals surface area contributed by atoms with E-state index < -0.39 is 17.6 Å². The summed E-state index contributed by atoms with van der Waals surface area (Å²) in [6.07, 6.45) is -3.01. The molecular weight excluding hydrogens is 335 g/mol.